The van der Waals surface area contributed by atoms with Crippen LogP contribution < -0.4 is 0 Å². The number of aliphatic hydroxyl groups excluding tert-OH is 1. The first-order valence-electron chi connectivity index (χ1n) is 9.51. The highest BCUT2D eigenvalue weighted by atomic mass is 16.3. The number of unbranched alkanes of at least 4 members (excludes halogenated alkanes) is 10. The number of hydrogen-bond donors (Lipinski definition) is 2. The Bertz CT molecular complexity index is 206. The van der Waals surface area contributed by atoms with Crippen molar-refractivity contribution in [1.82, 2.24) is 0 Å². The molecule has 0 aromatic carbocycles. The van der Waals surface area contributed by atoms with Crippen molar-refractivity contribution >= 4 is 0 Å². The molecular weight excluding hydrogens is 260 g/mol. The lowest BCUT2D eigenvalue weighted by atomic mass is 9.87. The summed E-state index contributed by atoms with van der Waals surface area (Å²) in [5.41, 5.74) is -0.606. The van der Waals surface area contributed by atoms with Crippen molar-refractivity contribution in [2.75, 3.05) is 6.61 Å². The van der Waals surface area contributed by atoms with Crippen LogP contribution in [0.3, 0.4) is 0 Å². The summed E-state index contributed by atoms with van der Waals surface area (Å²) in [5, 5.41) is 19.6. The molecule has 0 aliphatic carbocycles. The summed E-state index contributed by atoms with van der Waals surface area (Å²) in [4.78, 5) is 0. The van der Waals surface area contributed by atoms with Crippen LogP contribution >= 0.6 is 0 Å². The predicted molar refractivity (Wildman–Crippen MR) is 92.6 cm³/mol. The van der Waals surface area contributed by atoms with Gasteiger partial charge in [-0.25, -0.2) is 0 Å². The molecule has 0 saturated heterocycles. The topological polar surface area (TPSA) is 40.5 Å². The maximum Gasteiger partial charge on any atom is 0.0669 e. The first-order chi connectivity index (χ1) is 10.2. The van der Waals surface area contributed by atoms with E-state index in [-0.39, 0.29) is 6.61 Å². The zero-order valence-electron chi connectivity index (χ0n) is 14.7. The van der Waals surface area contributed by atoms with Gasteiger partial charge in [-0.05, 0) is 19.3 Å². The molecule has 128 valence electrons. The van der Waals surface area contributed by atoms with Gasteiger partial charge < -0.3 is 10.2 Å². The van der Waals surface area contributed by atoms with E-state index in [1.807, 2.05) is 0 Å². The summed E-state index contributed by atoms with van der Waals surface area (Å²) < 4.78 is 0. The minimum atomic E-state index is -0.606. The zero-order valence-corrected chi connectivity index (χ0v) is 14.7. The average Bonchev–Trinajstić information content (AvgIpc) is 2.47. The van der Waals surface area contributed by atoms with Gasteiger partial charge in [-0.3, -0.25) is 0 Å². The molecule has 0 fully saturated rings. The van der Waals surface area contributed by atoms with E-state index in [1.54, 1.807) is 0 Å². The summed E-state index contributed by atoms with van der Waals surface area (Å²) in [6, 6.07) is 0. The SMILES string of the molecule is CCCCCCCCCCCCC(O)(CCO)CCCC. The summed E-state index contributed by atoms with van der Waals surface area (Å²) in [5.74, 6) is 0. The Hall–Kier alpha value is -0.0800. The van der Waals surface area contributed by atoms with Crippen LogP contribution in [0.2, 0.25) is 0 Å². The lowest BCUT2D eigenvalue weighted by Crippen LogP contribution is -2.29. The Labute approximate surface area is 133 Å². The van der Waals surface area contributed by atoms with Crippen LogP contribution in [0.1, 0.15) is 110 Å². The molecule has 0 aromatic heterocycles. The molecule has 0 bridgehead atoms. The van der Waals surface area contributed by atoms with E-state index in [2.05, 4.69) is 13.8 Å². The van der Waals surface area contributed by atoms with Crippen molar-refractivity contribution in [3.63, 3.8) is 0 Å². The minimum Gasteiger partial charge on any atom is -0.396 e. The second-order valence-electron chi connectivity index (χ2n) is 6.73. The van der Waals surface area contributed by atoms with Gasteiger partial charge in [0.05, 0.1) is 5.60 Å². The Morgan fingerprint density at radius 1 is 0.571 bits per heavy atom. The fraction of sp³-hybridized carbons (Fsp3) is 1.00. The van der Waals surface area contributed by atoms with Gasteiger partial charge in [0, 0.05) is 6.61 Å². The van der Waals surface area contributed by atoms with Gasteiger partial charge in [-0.2, -0.15) is 0 Å². The molecule has 1 unspecified atom stereocenters. The monoisotopic (exact) mass is 300 g/mol. The predicted octanol–water partition coefficient (Wildman–Crippen LogP) is 5.60. The van der Waals surface area contributed by atoms with Crippen LogP contribution in [0.5, 0.6) is 0 Å². The third-order valence-corrected chi connectivity index (χ3v) is 4.57. The third-order valence-electron chi connectivity index (χ3n) is 4.57. The molecule has 21 heavy (non-hydrogen) atoms. The third kappa shape index (κ3) is 13.3. The van der Waals surface area contributed by atoms with Crippen molar-refractivity contribution in [3.8, 4) is 0 Å². The largest absolute Gasteiger partial charge is 0.396 e. The van der Waals surface area contributed by atoms with E-state index >= 15 is 0 Å². The Morgan fingerprint density at radius 3 is 1.48 bits per heavy atom. The molecule has 0 aliphatic heterocycles. The zero-order chi connectivity index (χ0) is 15.8. The standard InChI is InChI=1S/C19H40O2/c1-3-5-7-8-9-10-11-12-13-14-16-19(21,17-18-20)15-6-4-2/h20-21H,3-18H2,1-2H3. The smallest absolute Gasteiger partial charge is 0.0669 e. The molecular formula is C19H40O2. The van der Waals surface area contributed by atoms with Crippen molar-refractivity contribution in [2.24, 2.45) is 0 Å². The normalized spacial score (nSPS) is 14.3. The summed E-state index contributed by atoms with van der Waals surface area (Å²) in [6.07, 6.45) is 17.7. The van der Waals surface area contributed by atoms with Gasteiger partial charge in [0.2, 0.25) is 0 Å². The molecule has 0 heterocycles. The number of aliphatic hydroxyl groups is 2. The quantitative estimate of drug-likeness (QED) is 0.364. The highest BCUT2D eigenvalue weighted by Crippen LogP contribution is 2.25. The Balaban J connectivity index is 3.49. The minimum absolute atomic E-state index is 0.109. The second-order valence-corrected chi connectivity index (χ2v) is 6.73. The fourth-order valence-electron chi connectivity index (χ4n) is 3.03. The van der Waals surface area contributed by atoms with Crippen LogP contribution in [0.4, 0.5) is 0 Å². The Kier molecular flexibility index (Phi) is 14.8. The summed E-state index contributed by atoms with van der Waals surface area (Å²) in [6.45, 7) is 4.52. The summed E-state index contributed by atoms with van der Waals surface area (Å²) in [7, 11) is 0. The van der Waals surface area contributed by atoms with Gasteiger partial charge in [0.25, 0.3) is 0 Å². The molecule has 0 aliphatic rings. The maximum absolute atomic E-state index is 10.5. The van der Waals surface area contributed by atoms with E-state index in [0.29, 0.717) is 6.42 Å². The van der Waals surface area contributed by atoms with E-state index in [9.17, 15) is 5.11 Å². The van der Waals surface area contributed by atoms with Crippen molar-refractivity contribution < 1.29 is 10.2 Å². The lowest BCUT2D eigenvalue weighted by Gasteiger charge is -2.27. The van der Waals surface area contributed by atoms with Crippen LogP contribution in [-0.4, -0.2) is 22.4 Å². The van der Waals surface area contributed by atoms with Gasteiger partial charge in [-0.1, -0.05) is 90.9 Å². The van der Waals surface area contributed by atoms with E-state index in [4.69, 9.17) is 5.11 Å². The molecule has 2 nitrogen and oxygen atoms in total. The van der Waals surface area contributed by atoms with E-state index in [1.165, 1.54) is 57.8 Å². The first kappa shape index (κ1) is 20.9. The van der Waals surface area contributed by atoms with Gasteiger partial charge >= 0.3 is 0 Å². The molecule has 2 heteroatoms. The highest BCUT2D eigenvalue weighted by Gasteiger charge is 2.24. The number of hydrogen-bond acceptors (Lipinski definition) is 2. The molecule has 0 aromatic rings. The van der Waals surface area contributed by atoms with Crippen molar-refractivity contribution in [1.29, 1.82) is 0 Å². The van der Waals surface area contributed by atoms with Gasteiger partial charge in [0.1, 0.15) is 0 Å². The lowest BCUT2D eigenvalue weighted by molar-refractivity contribution is -0.00372. The van der Waals surface area contributed by atoms with E-state index < -0.39 is 5.60 Å². The molecule has 0 radical (unpaired) electrons. The van der Waals surface area contributed by atoms with Gasteiger partial charge in [0.15, 0.2) is 0 Å². The maximum atomic E-state index is 10.5. The summed E-state index contributed by atoms with van der Waals surface area (Å²) >= 11 is 0. The van der Waals surface area contributed by atoms with Crippen molar-refractivity contribution in [2.45, 2.75) is 116 Å². The van der Waals surface area contributed by atoms with E-state index in [0.717, 1.165) is 32.1 Å². The molecule has 0 amide bonds. The molecule has 0 rings (SSSR count). The van der Waals surface area contributed by atoms with Crippen LogP contribution in [-0.2, 0) is 0 Å². The molecule has 2 N–H and O–H groups in total. The highest BCUT2D eigenvalue weighted by molar-refractivity contribution is 4.77. The van der Waals surface area contributed by atoms with Crippen molar-refractivity contribution in [3.05, 3.63) is 0 Å². The molecule has 1 atom stereocenters. The second kappa shape index (κ2) is 14.8. The Morgan fingerprint density at radius 2 is 1.00 bits per heavy atom. The van der Waals surface area contributed by atoms with Crippen LogP contribution in [0, 0.1) is 0 Å². The number of rotatable bonds is 16. The molecule has 0 saturated carbocycles. The van der Waals surface area contributed by atoms with Crippen LogP contribution in [0.15, 0.2) is 0 Å². The van der Waals surface area contributed by atoms with Crippen LogP contribution in [0.25, 0.3) is 0 Å². The fourth-order valence-corrected chi connectivity index (χ4v) is 3.03. The molecule has 0 spiro atoms. The first-order valence-corrected chi connectivity index (χ1v) is 9.51. The van der Waals surface area contributed by atoms with Gasteiger partial charge in [-0.15, -0.1) is 0 Å². The average molecular weight is 301 g/mol.